The van der Waals surface area contributed by atoms with Crippen molar-refractivity contribution in [2.75, 3.05) is 20.3 Å². The summed E-state index contributed by atoms with van der Waals surface area (Å²) in [5.41, 5.74) is 0. The quantitative estimate of drug-likeness (QED) is 0.464. The second kappa shape index (κ2) is 6.63. The van der Waals surface area contributed by atoms with Crippen molar-refractivity contribution >= 4 is 0 Å². The van der Waals surface area contributed by atoms with E-state index < -0.39 is 43.1 Å². The summed E-state index contributed by atoms with van der Waals surface area (Å²) in [5.74, 6) is -0.208. The van der Waals surface area contributed by atoms with Crippen LogP contribution in [0.5, 0.6) is 0 Å². The first kappa shape index (κ1) is 16.1. The SMILES string of the molecule is COC1OC[C@H](OC2OC[C@@H](C)C(O)[C@@H]2O)C(O)C1O. The van der Waals surface area contributed by atoms with Gasteiger partial charge in [0.05, 0.1) is 19.3 Å². The van der Waals surface area contributed by atoms with Crippen LogP contribution in [-0.4, -0.2) is 83.8 Å². The second-order valence-electron chi connectivity index (χ2n) is 5.25. The lowest BCUT2D eigenvalue weighted by molar-refractivity contribution is -0.322. The summed E-state index contributed by atoms with van der Waals surface area (Å²) in [6, 6.07) is 0. The molecule has 0 bridgehead atoms. The van der Waals surface area contributed by atoms with Crippen LogP contribution in [0.2, 0.25) is 0 Å². The molecule has 2 saturated heterocycles. The third-order valence-corrected chi connectivity index (χ3v) is 3.71. The third kappa shape index (κ3) is 3.12. The molecular weight excluding hydrogens is 272 g/mol. The number of aliphatic hydroxyl groups excluding tert-OH is 4. The van der Waals surface area contributed by atoms with Crippen LogP contribution in [0.25, 0.3) is 0 Å². The number of hydrogen-bond acceptors (Lipinski definition) is 8. The molecule has 8 atom stereocenters. The van der Waals surface area contributed by atoms with Crippen LogP contribution in [0.15, 0.2) is 0 Å². The van der Waals surface area contributed by atoms with Crippen LogP contribution in [0.1, 0.15) is 6.92 Å². The van der Waals surface area contributed by atoms with E-state index in [0.29, 0.717) is 0 Å². The normalized spacial score (nSPS) is 50.1. The average molecular weight is 294 g/mol. The van der Waals surface area contributed by atoms with E-state index in [2.05, 4.69) is 0 Å². The zero-order chi connectivity index (χ0) is 14.9. The maximum absolute atomic E-state index is 9.94. The minimum Gasteiger partial charge on any atom is -0.390 e. The van der Waals surface area contributed by atoms with Crippen molar-refractivity contribution in [2.24, 2.45) is 5.92 Å². The van der Waals surface area contributed by atoms with Crippen LogP contribution in [0.4, 0.5) is 0 Å². The topological polar surface area (TPSA) is 118 Å². The molecule has 2 aliphatic heterocycles. The molecule has 118 valence electrons. The van der Waals surface area contributed by atoms with Crippen LogP contribution in [0, 0.1) is 5.92 Å². The standard InChI is InChI=1S/C12H22O8/c1-5-3-18-12(9(15)7(5)13)20-6-4-19-11(17-2)10(16)8(6)14/h5-16H,3-4H2,1-2H3/t5-,6+,7?,8?,9+,10?,11?,12?/m1/s1. The fourth-order valence-corrected chi connectivity index (χ4v) is 2.33. The monoisotopic (exact) mass is 294 g/mol. The zero-order valence-corrected chi connectivity index (χ0v) is 11.5. The summed E-state index contributed by atoms with van der Waals surface area (Å²) in [4.78, 5) is 0. The molecule has 0 radical (unpaired) electrons. The Morgan fingerprint density at radius 3 is 2.10 bits per heavy atom. The molecule has 0 amide bonds. The van der Waals surface area contributed by atoms with Crippen LogP contribution in [-0.2, 0) is 18.9 Å². The Labute approximate surface area is 116 Å². The Bertz CT molecular complexity index is 314. The predicted molar refractivity (Wildman–Crippen MR) is 64.6 cm³/mol. The maximum Gasteiger partial charge on any atom is 0.186 e. The molecule has 0 aromatic heterocycles. The number of aliphatic hydroxyl groups is 4. The van der Waals surface area contributed by atoms with Gasteiger partial charge in [0.1, 0.15) is 24.4 Å². The van der Waals surface area contributed by atoms with E-state index in [1.807, 2.05) is 0 Å². The third-order valence-electron chi connectivity index (χ3n) is 3.71. The molecule has 2 fully saturated rings. The van der Waals surface area contributed by atoms with Gasteiger partial charge in [0.2, 0.25) is 0 Å². The molecule has 0 spiro atoms. The van der Waals surface area contributed by atoms with Gasteiger partial charge in [-0.3, -0.25) is 0 Å². The van der Waals surface area contributed by atoms with Gasteiger partial charge in [0.25, 0.3) is 0 Å². The fraction of sp³-hybridized carbons (Fsp3) is 1.00. The first-order valence-corrected chi connectivity index (χ1v) is 6.59. The lowest BCUT2D eigenvalue weighted by Crippen LogP contribution is -2.58. The average Bonchev–Trinajstić information content (AvgIpc) is 2.44. The highest BCUT2D eigenvalue weighted by atomic mass is 16.7. The van der Waals surface area contributed by atoms with Crippen molar-refractivity contribution in [3.05, 3.63) is 0 Å². The molecule has 0 aromatic carbocycles. The largest absolute Gasteiger partial charge is 0.390 e. The molecule has 0 saturated carbocycles. The van der Waals surface area contributed by atoms with Gasteiger partial charge in [0, 0.05) is 13.0 Å². The Morgan fingerprint density at radius 1 is 0.850 bits per heavy atom. The van der Waals surface area contributed by atoms with E-state index in [0.717, 1.165) is 0 Å². The number of hydrogen-bond donors (Lipinski definition) is 4. The summed E-state index contributed by atoms with van der Waals surface area (Å²) < 4.78 is 20.8. The van der Waals surface area contributed by atoms with Crippen molar-refractivity contribution < 1.29 is 39.4 Å². The molecule has 2 aliphatic rings. The highest BCUT2D eigenvalue weighted by Crippen LogP contribution is 2.25. The molecule has 5 unspecified atom stereocenters. The molecule has 20 heavy (non-hydrogen) atoms. The number of ether oxygens (including phenoxy) is 4. The molecule has 8 heteroatoms. The van der Waals surface area contributed by atoms with Gasteiger partial charge >= 0.3 is 0 Å². The lowest BCUT2D eigenvalue weighted by Gasteiger charge is -2.41. The van der Waals surface area contributed by atoms with Crippen molar-refractivity contribution in [3.63, 3.8) is 0 Å². The lowest BCUT2D eigenvalue weighted by atomic mass is 9.97. The van der Waals surface area contributed by atoms with Crippen molar-refractivity contribution in [1.29, 1.82) is 0 Å². The Morgan fingerprint density at radius 2 is 1.45 bits per heavy atom. The van der Waals surface area contributed by atoms with E-state index in [4.69, 9.17) is 18.9 Å². The van der Waals surface area contributed by atoms with Crippen molar-refractivity contribution in [3.8, 4) is 0 Å². The molecule has 8 nitrogen and oxygen atoms in total. The highest BCUT2D eigenvalue weighted by Gasteiger charge is 2.44. The summed E-state index contributed by atoms with van der Waals surface area (Å²) in [6.07, 6.45) is -7.56. The van der Waals surface area contributed by atoms with Gasteiger partial charge in [-0.05, 0) is 0 Å². The van der Waals surface area contributed by atoms with Gasteiger partial charge in [0.15, 0.2) is 12.6 Å². The molecule has 0 aromatic rings. The fourth-order valence-electron chi connectivity index (χ4n) is 2.33. The summed E-state index contributed by atoms with van der Waals surface area (Å²) in [5, 5.41) is 39.4. The number of rotatable bonds is 3. The molecule has 4 N–H and O–H groups in total. The van der Waals surface area contributed by atoms with Crippen LogP contribution in [0.3, 0.4) is 0 Å². The summed E-state index contributed by atoms with van der Waals surface area (Å²) >= 11 is 0. The van der Waals surface area contributed by atoms with E-state index in [1.54, 1.807) is 6.92 Å². The Kier molecular flexibility index (Phi) is 5.32. The first-order chi connectivity index (χ1) is 9.45. The van der Waals surface area contributed by atoms with Crippen LogP contribution >= 0.6 is 0 Å². The Hall–Kier alpha value is -0.320. The van der Waals surface area contributed by atoms with Gasteiger partial charge in [-0.1, -0.05) is 6.92 Å². The predicted octanol–water partition coefficient (Wildman–Crippen LogP) is -2.19. The van der Waals surface area contributed by atoms with Crippen molar-refractivity contribution in [2.45, 2.75) is 50.0 Å². The van der Waals surface area contributed by atoms with E-state index in [-0.39, 0.29) is 19.1 Å². The molecule has 2 rings (SSSR count). The Balaban J connectivity index is 1.93. The summed E-state index contributed by atoms with van der Waals surface area (Å²) in [6.45, 7) is 1.96. The number of methoxy groups -OCH3 is 1. The molecule has 0 aliphatic carbocycles. The van der Waals surface area contributed by atoms with E-state index in [1.165, 1.54) is 7.11 Å². The maximum atomic E-state index is 9.94. The second-order valence-corrected chi connectivity index (χ2v) is 5.25. The van der Waals surface area contributed by atoms with Crippen molar-refractivity contribution in [1.82, 2.24) is 0 Å². The minimum absolute atomic E-state index is 0.0189. The van der Waals surface area contributed by atoms with Crippen LogP contribution < -0.4 is 0 Å². The van der Waals surface area contributed by atoms with Gasteiger partial charge in [-0.25, -0.2) is 0 Å². The summed E-state index contributed by atoms with van der Waals surface area (Å²) in [7, 11) is 1.35. The first-order valence-electron chi connectivity index (χ1n) is 6.59. The minimum atomic E-state index is -1.26. The van der Waals surface area contributed by atoms with E-state index in [9.17, 15) is 20.4 Å². The van der Waals surface area contributed by atoms with Gasteiger partial charge in [-0.2, -0.15) is 0 Å². The smallest absolute Gasteiger partial charge is 0.186 e. The zero-order valence-electron chi connectivity index (χ0n) is 11.5. The van der Waals surface area contributed by atoms with Gasteiger partial charge in [-0.15, -0.1) is 0 Å². The van der Waals surface area contributed by atoms with E-state index >= 15 is 0 Å². The highest BCUT2D eigenvalue weighted by molar-refractivity contribution is 4.86. The molecular formula is C12H22O8. The molecule has 2 heterocycles. The van der Waals surface area contributed by atoms with Gasteiger partial charge < -0.3 is 39.4 Å².